The third-order valence-electron chi connectivity index (χ3n) is 3.53. The van der Waals surface area contributed by atoms with Crippen molar-refractivity contribution in [3.63, 3.8) is 0 Å². The van der Waals surface area contributed by atoms with Crippen molar-refractivity contribution >= 4 is 17.6 Å². The maximum absolute atomic E-state index is 12.3. The zero-order valence-corrected chi connectivity index (χ0v) is 13.7. The molecule has 0 heterocycles. The number of rotatable bonds is 8. The van der Waals surface area contributed by atoms with Gasteiger partial charge in [-0.2, -0.15) is 0 Å². The quantitative estimate of drug-likeness (QED) is 0.781. The molecule has 2 aromatic rings. The van der Waals surface area contributed by atoms with Gasteiger partial charge in [-0.05, 0) is 42.8 Å². The van der Waals surface area contributed by atoms with Crippen LogP contribution >= 0.6 is 0 Å². The van der Waals surface area contributed by atoms with Gasteiger partial charge in [0.15, 0.2) is 0 Å². The molecule has 0 radical (unpaired) electrons. The lowest BCUT2D eigenvalue weighted by atomic mass is 10.1. The van der Waals surface area contributed by atoms with Gasteiger partial charge in [0, 0.05) is 17.8 Å². The van der Waals surface area contributed by atoms with E-state index in [-0.39, 0.29) is 12.5 Å². The first-order valence-electron chi connectivity index (χ1n) is 7.98. The normalized spacial score (nSPS) is 10.6. The minimum Gasteiger partial charge on any atom is -0.480 e. The molecule has 2 rings (SSSR count). The average molecular weight is 326 g/mol. The number of carbonyl (C=O) groups is 2. The number of aliphatic carboxylic acids is 1. The smallest absolute Gasteiger partial charge is 0.317 e. The van der Waals surface area contributed by atoms with E-state index in [0.717, 1.165) is 17.7 Å². The second-order valence-corrected chi connectivity index (χ2v) is 5.62. The number of hydrogen-bond acceptors (Lipinski definition) is 3. The number of benzene rings is 2. The Balaban J connectivity index is 2.07. The highest BCUT2D eigenvalue weighted by Crippen LogP contribution is 2.12. The average Bonchev–Trinajstić information content (AvgIpc) is 2.55. The molecule has 1 amide bonds. The molecule has 5 heteroatoms. The topological polar surface area (TPSA) is 69.6 Å². The molecule has 24 heavy (non-hydrogen) atoms. The van der Waals surface area contributed by atoms with E-state index in [1.165, 1.54) is 0 Å². The van der Waals surface area contributed by atoms with Crippen molar-refractivity contribution in [1.29, 1.82) is 0 Å². The van der Waals surface area contributed by atoms with E-state index in [1.807, 2.05) is 60.4 Å². The Morgan fingerprint density at radius 1 is 1.08 bits per heavy atom. The van der Waals surface area contributed by atoms with Gasteiger partial charge in [-0.15, -0.1) is 0 Å². The molecule has 2 N–H and O–H groups in total. The van der Waals surface area contributed by atoms with Crippen LogP contribution in [0, 0.1) is 0 Å². The van der Waals surface area contributed by atoms with Crippen molar-refractivity contribution in [2.45, 2.75) is 19.9 Å². The number of carbonyl (C=O) groups excluding carboxylic acids is 1. The molecule has 0 saturated heterocycles. The number of nitrogens with zero attached hydrogens (tertiary/aromatic N) is 1. The molecule has 5 nitrogen and oxygen atoms in total. The summed E-state index contributed by atoms with van der Waals surface area (Å²) >= 11 is 0. The number of para-hydroxylation sites is 1. The molecular formula is C19H22N2O3. The van der Waals surface area contributed by atoms with Gasteiger partial charge in [-0.25, -0.2) is 0 Å². The van der Waals surface area contributed by atoms with Crippen LogP contribution in [0.2, 0.25) is 0 Å². The molecule has 0 atom stereocenters. The van der Waals surface area contributed by atoms with Gasteiger partial charge in [-0.3, -0.25) is 14.5 Å². The summed E-state index contributed by atoms with van der Waals surface area (Å²) in [5.74, 6) is -1.02. The summed E-state index contributed by atoms with van der Waals surface area (Å²) in [7, 11) is 0. The lowest BCUT2D eigenvalue weighted by Crippen LogP contribution is -2.30. The Kier molecular flexibility index (Phi) is 6.51. The second kappa shape index (κ2) is 8.84. The molecule has 0 unspecified atom stereocenters. The van der Waals surface area contributed by atoms with E-state index in [2.05, 4.69) is 5.32 Å². The largest absolute Gasteiger partial charge is 0.480 e. The molecule has 0 aliphatic heterocycles. The standard InChI is InChI=1S/C19H22N2O3/c1-2-11-21(14-18(22)23)13-15-7-6-8-16(12-15)19(24)20-17-9-4-3-5-10-17/h3-10,12H,2,11,13-14H2,1H3,(H,20,24)(H,22,23). The van der Waals surface area contributed by atoms with E-state index < -0.39 is 5.97 Å². The summed E-state index contributed by atoms with van der Waals surface area (Å²) in [6.07, 6.45) is 0.876. The van der Waals surface area contributed by atoms with Crippen molar-refractivity contribution in [3.05, 3.63) is 65.7 Å². The van der Waals surface area contributed by atoms with Gasteiger partial charge in [0.1, 0.15) is 0 Å². The van der Waals surface area contributed by atoms with Gasteiger partial charge >= 0.3 is 5.97 Å². The number of anilines is 1. The third-order valence-corrected chi connectivity index (χ3v) is 3.53. The zero-order valence-electron chi connectivity index (χ0n) is 13.7. The van der Waals surface area contributed by atoms with Crippen LogP contribution < -0.4 is 5.32 Å². The lowest BCUT2D eigenvalue weighted by Gasteiger charge is -2.19. The van der Waals surface area contributed by atoms with Crippen LogP contribution in [0.3, 0.4) is 0 Å². The summed E-state index contributed by atoms with van der Waals surface area (Å²) in [6.45, 7) is 3.21. The van der Waals surface area contributed by atoms with Crippen molar-refractivity contribution in [3.8, 4) is 0 Å². The minimum atomic E-state index is -0.846. The number of carboxylic acids is 1. The van der Waals surface area contributed by atoms with E-state index in [4.69, 9.17) is 5.11 Å². The molecule has 0 saturated carbocycles. The predicted molar refractivity (Wildman–Crippen MR) is 94.0 cm³/mol. The molecule has 0 spiro atoms. The molecule has 0 bridgehead atoms. The molecule has 0 aromatic heterocycles. The first-order valence-corrected chi connectivity index (χ1v) is 7.98. The first kappa shape index (κ1) is 17.7. The Labute approximate surface area is 141 Å². The van der Waals surface area contributed by atoms with Crippen LogP contribution in [0.5, 0.6) is 0 Å². The fraction of sp³-hybridized carbons (Fsp3) is 0.263. The molecule has 2 aromatic carbocycles. The zero-order chi connectivity index (χ0) is 17.4. The number of amides is 1. The molecule has 0 aliphatic carbocycles. The predicted octanol–water partition coefficient (Wildman–Crippen LogP) is 3.24. The van der Waals surface area contributed by atoms with Gasteiger partial charge < -0.3 is 10.4 Å². The van der Waals surface area contributed by atoms with Crippen LogP contribution in [-0.2, 0) is 11.3 Å². The van der Waals surface area contributed by atoms with Crippen LogP contribution in [0.15, 0.2) is 54.6 Å². The van der Waals surface area contributed by atoms with Gasteiger partial charge in [-0.1, -0.05) is 37.3 Å². The fourth-order valence-electron chi connectivity index (χ4n) is 2.52. The summed E-state index contributed by atoms with van der Waals surface area (Å²) in [4.78, 5) is 25.1. The minimum absolute atomic E-state index is 0.00568. The van der Waals surface area contributed by atoms with Crippen LogP contribution in [0.4, 0.5) is 5.69 Å². The Morgan fingerprint density at radius 2 is 1.83 bits per heavy atom. The highest BCUT2D eigenvalue weighted by molar-refractivity contribution is 6.04. The highest BCUT2D eigenvalue weighted by atomic mass is 16.4. The monoisotopic (exact) mass is 326 g/mol. The molecule has 0 aliphatic rings. The first-order chi connectivity index (χ1) is 11.6. The fourth-order valence-corrected chi connectivity index (χ4v) is 2.52. The lowest BCUT2D eigenvalue weighted by molar-refractivity contribution is -0.138. The van der Waals surface area contributed by atoms with Crippen LogP contribution in [-0.4, -0.2) is 35.0 Å². The van der Waals surface area contributed by atoms with Crippen molar-refractivity contribution < 1.29 is 14.7 Å². The van der Waals surface area contributed by atoms with Crippen LogP contribution in [0.25, 0.3) is 0 Å². The maximum atomic E-state index is 12.3. The highest BCUT2D eigenvalue weighted by Gasteiger charge is 2.11. The Morgan fingerprint density at radius 3 is 2.50 bits per heavy atom. The van der Waals surface area contributed by atoms with Crippen molar-refractivity contribution in [2.24, 2.45) is 0 Å². The van der Waals surface area contributed by atoms with Crippen LogP contribution in [0.1, 0.15) is 29.3 Å². The second-order valence-electron chi connectivity index (χ2n) is 5.62. The van der Waals surface area contributed by atoms with Crippen molar-refractivity contribution in [2.75, 3.05) is 18.4 Å². The summed E-state index contributed by atoms with van der Waals surface area (Å²) < 4.78 is 0. The maximum Gasteiger partial charge on any atom is 0.317 e. The van der Waals surface area contributed by atoms with E-state index >= 15 is 0 Å². The van der Waals surface area contributed by atoms with Gasteiger partial charge in [0.2, 0.25) is 0 Å². The van der Waals surface area contributed by atoms with E-state index in [1.54, 1.807) is 6.07 Å². The summed E-state index contributed by atoms with van der Waals surface area (Å²) in [5.41, 5.74) is 2.22. The Bertz CT molecular complexity index is 686. The molecule has 0 fully saturated rings. The molecular weight excluding hydrogens is 304 g/mol. The van der Waals surface area contributed by atoms with Gasteiger partial charge in [0.05, 0.1) is 6.54 Å². The third kappa shape index (κ3) is 5.52. The van der Waals surface area contributed by atoms with Gasteiger partial charge in [0.25, 0.3) is 5.91 Å². The number of carboxylic acid groups (broad SMARTS) is 1. The number of nitrogens with one attached hydrogen (secondary N) is 1. The Hall–Kier alpha value is -2.66. The molecule has 126 valence electrons. The summed E-state index contributed by atoms with van der Waals surface area (Å²) in [6, 6.07) is 16.6. The van der Waals surface area contributed by atoms with E-state index in [9.17, 15) is 9.59 Å². The summed E-state index contributed by atoms with van der Waals surface area (Å²) in [5, 5.41) is 11.8. The number of hydrogen-bond donors (Lipinski definition) is 2. The van der Waals surface area contributed by atoms with E-state index in [0.29, 0.717) is 18.7 Å². The SMILES string of the molecule is CCCN(CC(=O)O)Cc1cccc(C(=O)Nc2ccccc2)c1. The van der Waals surface area contributed by atoms with Crippen molar-refractivity contribution in [1.82, 2.24) is 4.90 Å².